The summed E-state index contributed by atoms with van der Waals surface area (Å²) in [6.45, 7) is 4.96. The first-order valence-electron chi connectivity index (χ1n) is 4.68. The minimum absolute atomic E-state index is 0.0987. The summed E-state index contributed by atoms with van der Waals surface area (Å²) in [5.41, 5.74) is 0. The lowest BCUT2D eigenvalue weighted by molar-refractivity contribution is -0.119. The molecule has 0 spiro atoms. The second-order valence-corrected chi connectivity index (χ2v) is 3.49. The fourth-order valence-electron chi connectivity index (χ4n) is 1.61. The van der Waals surface area contributed by atoms with Crippen molar-refractivity contribution in [3.63, 3.8) is 0 Å². The van der Waals surface area contributed by atoms with Crippen molar-refractivity contribution < 1.29 is 4.79 Å². The molecule has 1 saturated heterocycles. The highest BCUT2D eigenvalue weighted by Crippen LogP contribution is 2.02. The molecule has 0 bridgehead atoms. The number of ketones is 1. The monoisotopic (exact) mass is 170 g/mol. The zero-order valence-corrected chi connectivity index (χ0v) is 7.97. The van der Waals surface area contributed by atoms with Crippen molar-refractivity contribution in [3.8, 4) is 0 Å². The Bertz CT molecular complexity index is 159. The molecule has 12 heavy (non-hydrogen) atoms. The topological polar surface area (TPSA) is 32.3 Å². The normalized spacial score (nSPS) is 23.9. The maximum Gasteiger partial charge on any atom is 0.152 e. The molecule has 0 amide bonds. The van der Waals surface area contributed by atoms with Crippen molar-refractivity contribution in [3.05, 3.63) is 0 Å². The van der Waals surface area contributed by atoms with Gasteiger partial charge in [0.05, 0.1) is 6.04 Å². The van der Waals surface area contributed by atoms with Crippen LogP contribution in [-0.4, -0.2) is 43.4 Å². The van der Waals surface area contributed by atoms with Crippen LogP contribution in [0.4, 0.5) is 0 Å². The highest BCUT2D eigenvalue weighted by Gasteiger charge is 2.24. The minimum Gasteiger partial charge on any atom is -0.306 e. The van der Waals surface area contributed by atoms with Crippen LogP contribution in [0, 0.1) is 0 Å². The van der Waals surface area contributed by atoms with Crippen LogP contribution in [0.15, 0.2) is 0 Å². The van der Waals surface area contributed by atoms with E-state index in [9.17, 15) is 4.79 Å². The van der Waals surface area contributed by atoms with E-state index in [1.165, 1.54) is 0 Å². The van der Waals surface area contributed by atoms with Gasteiger partial charge < -0.3 is 10.2 Å². The summed E-state index contributed by atoms with van der Waals surface area (Å²) < 4.78 is 0. The smallest absolute Gasteiger partial charge is 0.152 e. The van der Waals surface area contributed by atoms with E-state index in [1.54, 1.807) is 0 Å². The predicted molar refractivity (Wildman–Crippen MR) is 49.2 cm³/mol. The second kappa shape index (κ2) is 4.58. The number of nitrogens with one attached hydrogen (secondary N) is 1. The molecule has 1 atom stereocenters. The van der Waals surface area contributed by atoms with Gasteiger partial charge in [-0.25, -0.2) is 0 Å². The van der Waals surface area contributed by atoms with E-state index < -0.39 is 0 Å². The molecule has 0 aromatic rings. The van der Waals surface area contributed by atoms with Gasteiger partial charge in [0.15, 0.2) is 5.78 Å². The number of nitrogens with zero attached hydrogens (tertiary/aromatic N) is 1. The van der Waals surface area contributed by atoms with Crippen LogP contribution < -0.4 is 5.32 Å². The van der Waals surface area contributed by atoms with Crippen LogP contribution in [0.5, 0.6) is 0 Å². The molecule has 0 aromatic carbocycles. The fraction of sp³-hybridized carbons (Fsp3) is 0.889. The molecule has 0 radical (unpaired) electrons. The summed E-state index contributed by atoms with van der Waals surface area (Å²) in [4.78, 5) is 13.4. The first-order chi connectivity index (χ1) is 5.74. The van der Waals surface area contributed by atoms with Crippen molar-refractivity contribution in [1.82, 2.24) is 10.2 Å². The van der Waals surface area contributed by atoms with Gasteiger partial charge in [-0.1, -0.05) is 6.92 Å². The van der Waals surface area contributed by atoms with Crippen molar-refractivity contribution in [2.24, 2.45) is 0 Å². The lowest BCUT2D eigenvalue weighted by atomic mass is 10.2. The number of rotatable bonds is 4. The number of likely N-dealkylation sites (N-methyl/N-ethyl adjacent to an activating group) is 1. The van der Waals surface area contributed by atoms with Gasteiger partial charge in [0.25, 0.3) is 0 Å². The molecule has 3 heteroatoms. The average molecular weight is 170 g/mol. The number of carbonyl (C=O) groups excluding carboxylic acids is 1. The molecule has 1 heterocycles. The fourth-order valence-corrected chi connectivity index (χ4v) is 1.61. The lowest BCUT2D eigenvalue weighted by Crippen LogP contribution is -2.39. The summed E-state index contributed by atoms with van der Waals surface area (Å²) in [6.07, 6.45) is 1.86. The third-order valence-corrected chi connectivity index (χ3v) is 2.25. The first-order valence-corrected chi connectivity index (χ1v) is 4.68. The largest absolute Gasteiger partial charge is 0.306 e. The standard InChI is InChI=1S/C9H18N2O/c1-3-6-11(2)7-8-9(12)4-5-10-8/h8,10H,3-7H2,1-2H3. The Morgan fingerprint density at radius 3 is 2.92 bits per heavy atom. The van der Waals surface area contributed by atoms with E-state index >= 15 is 0 Å². The van der Waals surface area contributed by atoms with E-state index in [1.807, 2.05) is 0 Å². The van der Waals surface area contributed by atoms with E-state index in [-0.39, 0.29) is 6.04 Å². The molecule has 1 rings (SSSR count). The SMILES string of the molecule is CCCN(C)CC1NCCC1=O. The molecule has 1 aliphatic rings. The molecule has 0 aliphatic carbocycles. The molecule has 70 valence electrons. The number of carbonyl (C=O) groups is 1. The van der Waals surface area contributed by atoms with E-state index in [4.69, 9.17) is 0 Å². The molecule has 0 saturated carbocycles. The van der Waals surface area contributed by atoms with E-state index in [2.05, 4.69) is 24.2 Å². The van der Waals surface area contributed by atoms with Crippen molar-refractivity contribution in [1.29, 1.82) is 0 Å². The number of hydrogen-bond acceptors (Lipinski definition) is 3. The second-order valence-electron chi connectivity index (χ2n) is 3.49. The first kappa shape index (κ1) is 9.68. The van der Waals surface area contributed by atoms with Gasteiger partial charge >= 0.3 is 0 Å². The minimum atomic E-state index is 0.0987. The van der Waals surface area contributed by atoms with Gasteiger partial charge in [-0.05, 0) is 20.0 Å². The van der Waals surface area contributed by atoms with Gasteiger partial charge in [0, 0.05) is 19.5 Å². The number of hydrogen-bond donors (Lipinski definition) is 1. The summed E-state index contributed by atoms with van der Waals surface area (Å²) >= 11 is 0. The van der Waals surface area contributed by atoms with Gasteiger partial charge in [-0.15, -0.1) is 0 Å². The Kier molecular flexibility index (Phi) is 3.69. The molecule has 1 fully saturated rings. The average Bonchev–Trinajstić information content (AvgIpc) is 2.37. The maximum atomic E-state index is 11.2. The third kappa shape index (κ3) is 2.57. The molecule has 1 unspecified atom stereocenters. The van der Waals surface area contributed by atoms with Gasteiger partial charge in [-0.2, -0.15) is 0 Å². The maximum absolute atomic E-state index is 11.2. The van der Waals surface area contributed by atoms with Crippen LogP contribution in [-0.2, 0) is 4.79 Å². The zero-order valence-electron chi connectivity index (χ0n) is 7.97. The summed E-state index contributed by atoms with van der Waals surface area (Å²) in [5, 5.41) is 3.20. The van der Waals surface area contributed by atoms with Crippen LogP contribution >= 0.6 is 0 Å². The Morgan fingerprint density at radius 2 is 2.42 bits per heavy atom. The van der Waals surface area contributed by atoms with Crippen LogP contribution in [0.25, 0.3) is 0 Å². The molecule has 1 aliphatic heterocycles. The van der Waals surface area contributed by atoms with Gasteiger partial charge in [-0.3, -0.25) is 4.79 Å². The number of Topliss-reactive ketones (excluding diaryl/α,β-unsaturated/α-hetero) is 1. The Labute approximate surface area is 74.1 Å². The van der Waals surface area contributed by atoms with Crippen molar-refractivity contribution in [2.75, 3.05) is 26.7 Å². The molecular weight excluding hydrogens is 152 g/mol. The van der Waals surface area contributed by atoms with Crippen molar-refractivity contribution in [2.45, 2.75) is 25.8 Å². The Balaban J connectivity index is 2.25. The highest BCUT2D eigenvalue weighted by atomic mass is 16.1. The molecule has 0 aromatic heterocycles. The molecule has 1 N–H and O–H groups in total. The lowest BCUT2D eigenvalue weighted by Gasteiger charge is -2.19. The van der Waals surface area contributed by atoms with Gasteiger partial charge in [0.2, 0.25) is 0 Å². The zero-order chi connectivity index (χ0) is 8.97. The Hall–Kier alpha value is -0.410. The van der Waals surface area contributed by atoms with Crippen molar-refractivity contribution >= 4 is 5.78 Å². The molecular formula is C9H18N2O. The molecule has 3 nitrogen and oxygen atoms in total. The van der Waals surface area contributed by atoms with Crippen LogP contribution in [0.1, 0.15) is 19.8 Å². The summed E-state index contributed by atoms with van der Waals surface area (Å²) in [6, 6.07) is 0.0987. The third-order valence-electron chi connectivity index (χ3n) is 2.25. The quantitative estimate of drug-likeness (QED) is 0.657. The van der Waals surface area contributed by atoms with E-state index in [0.717, 1.165) is 26.1 Å². The predicted octanol–water partition coefficient (Wildman–Crippen LogP) is 0.259. The highest BCUT2D eigenvalue weighted by molar-refractivity contribution is 5.86. The summed E-state index contributed by atoms with van der Waals surface area (Å²) in [7, 11) is 2.07. The van der Waals surface area contributed by atoms with Gasteiger partial charge in [0.1, 0.15) is 0 Å². The van der Waals surface area contributed by atoms with Crippen LogP contribution in [0.2, 0.25) is 0 Å². The van der Waals surface area contributed by atoms with Crippen LogP contribution in [0.3, 0.4) is 0 Å². The Morgan fingerprint density at radius 1 is 1.67 bits per heavy atom. The summed E-state index contributed by atoms with van der Waals surface area (Å²) in [5.74, 6) is 0.373. The van der Waals surface area contributed by atoms with E-state index in [0.29, 0.717) is 12.2 Å².